The van der Waals surface area contributed by atoms with E-state index in [2.05, 4.69) is 4.98 Å². The number of ether oxygens (including phenoxy) is 1. The molecule has 0 spiro atoms. The fourth-order valence-electron chi connectivity index (χ4n) is 3.47. The Morgan fingerprint density at radius 2 is 1.67 bits per heavy atom. The van der Waals surface area contributed by atoms with Gasteiger partial charge in [-0.2, -0.15) is 0 Å². The smallest absolute Gasteiger partial charge is 0.356 e. The molecule has 0 radical (unpaired) electrons. The first kappa shape index (κ1) is 19.0. The van der Waals surface area contributed by atoms with Crippen LogP contribution in [0.4, 0.5) is 11.4 Å². The molecule has 0 aliphatic rings. The van der Waals surface area contributed by atoms with E-state index in [-0.39, 0.29) is 23.6 Å². The van der Waals surface area contributed by atoms with Crippen molar-refractivity contribution < 1.29 is 19.4 Å². The average molecular weight is 406 g/mol. The quantitative estimate of drug-likeness (QED) is 0.279. The van der Waals surface area contributed by atoms with Crippen molar-refractivity contribution in [1.29, 1.82) is 0 Å². The first-order valence-corrected chi connectivity index (χ1v) is 8.77. The zero-order valence-electron chi connectivity index (χ0n) is 15.6. The van der Waals surface area contributed by atoms with Crippen molar-refractivity contribution in [3.05, 3.63) is 86.2 Å². The van der Waals surface area contributed by atoms with Crippen molar-refractivity contribution in [3.8, 4) is 0 Å². The maximum absolute atomic E-state index is 11.9. The molecule has 0 N–H and O–H groups in total. The molecule has 0 bridgehead atoms. The number of rotatable bonds is 5. The molecule has 0 aliphatic heterocycles. The predicted molar refractivity (Wildman–Crippen MR) is 107 cm³/mol. The Morgan fingerprint density at radius 1 is 1.00 bits per heavy atom. The van der Waals surface area contributed by atoms with E-state index in [1.54, 1.807) is 6.07 Å². The lowest BCUT2D eigenvalue weighted by Gasteiger charge is -2.08. The summed E-state index contributed by atoms with van der Waals surface area (Å²) < 4.78 is 6.58. The van der Waals surface area contributed by atoms with E-state index in [0.717, 1.165) is 22.4 Å². The number of esters is 1. The van der Waals surface area contributed by atoms with Crippen LogP contribution in [0.25, 0.3) is 21.8 Å². The molecular weight excluding hydrogens is 392 g/mol. The highest BCUT2D eigenvalue weighted by molar-refractivity contribution is 6.09. The van der Waals surface area contributed by atoms with E-state index in [0.29, 0.717) is 11.1 Å². The van der Waals surface area contributed by atoms with Crippen molar-refractivity contribution >= 4 is 39.1 Å². The fourth-order valence-corrected chi connectivity index (χ4v) is 3.47. The number of nitro groups is 2. The molecule has 0 saturated heterocycles. The monoisotopic (exact) mass is 406 g/mol. The minimum Gasteiger partial charge on any atom is -0.464 e. The number of carbonyl (C=O) groups is 1. The molecule has 2 aromatic heterocycles. The molecule has 150 valence electrons. The van der Waals surface area contributed by atoms with E-state index < -0.39 is 15.8 Å². The molecule has 4 aromatic rings. The molecule has 0 amide bonds. The van der Waals surface area contributed by atoms with Crippen LogP contribution in [-0.2, 0) is 11.3 Å². The Bertz CT molecular complexity index is 1310. The third-order valence-corrected chi connectivity index (χ3v) is 4.78. The van der Waals surface area contributed by atoms with Gasteiger partial charge in [-0.15, -0.1) is 0 Å². The average Bonchev–Trinajstić information content (AvgIpc) is 3.06. The highest BCUT2D eigenvalue weighted by Crippen LogP contribution is 2.31. The van der Waals surface area contributed by atoms with Crippen LogP contribution in [-0.4, -0.2) is 32.5 Å². The van der Waals surface area contributed by atoms with Gasteiger partial charge in [-0.1, -0.05) is 18.2 Å². The summed E-state index contributed by atoms with van der Waals surface area (Å²) in [4.78, 5) is 37.1. The zero-order chi connectivity index (χ0) is 21.4. The summed E-state index contributed by atoms with van der Waals surface area (Å²) in [6, 6.07) is 12.6. The van der Waals surface area contributed by atoms with Crippen LogP contribution in [0.15, 0.2) is 54.7 Å². The Hall–Kier alpha value is -4.34. The van der Waals surface area contributed by atoms with E-state index in [9.17, 15) is 25.0 Å². The van der Waals surface area contributed by atoms with Crippen LogP contribution in [0, 0.1) is 20.2 Å². The van der Waals surface area contributed by atoms with Gasteiger partial charge in [0.15, 0.2) is 0 Å². The molecule has 2 heterocycles. The summed E-state index contributed by atoms with van der Waals surface area (Å²) in [5, 5.41) is 24.0. The van der Waals surface area contributed by atoms with Crippen LogP contribution in [0.1, 0.15) is 16.1 Å². The van der Waals surface area contributed by atoms with E-state index in [4.69, 9.17) is 4.74 Å². The molecule has 30 heavy (non-hydrogen) atoms. The Balaban J connectivity index is 1.92. The van der Waals surface area contributed by atoms with Gasteiger partial charge in [0.1, 0.15) is 5.69 Å². The molecular formula is C20H14N4O6. The largest absolute Gasteiger partial charge is 0.464 e. The Kier molecular flexibility index (Phi) is 4.59. The number of nitro benzene ring substituents is 2. The molecule has 0 atom stereocenters. The molecule has 0 unspecified atom stereocenters. The first-order chi connectivity index (χ1) is 14.4. The maximum Gasteiger partial charge on any atom is 0.356 e. The molecule has 0 saturated carbocycles. The Morgan fingerprint density at radius 3 is 2.30 bits per heavy atom. The number of methoxy groups -OCH3 is 1. The number of carbonyl (C=O) groups excluding carboxylic acids is 1. The zero-order valence-corrected chi connectivity index (χ0v) is 15.6. The first-order valence-electron chi connectivity index (χ1n) is 8.77. The van der Waals surface area contributed by atoms with Crippen molar-refractivity contribution in [1.82, 2.24) is 9.55 Å². The SMILES string of the molecule is COC(=O)c1cc2c3ccccc3n(Cc3cc([N+](=O)[O-])cc([N+](=O)[O-])c3)c2cn1. The molecule has 0 aliphatic carbocycles. The van der Waals surface area contributed by atoms with E-state index in [1.165, 1.54) is 25.4 Å². The number of hydrogen-bond donors (Lipinski definition) is 0. The highest BCUT2D eigenvalue weighted by Gasteiger charge is 2.19. The fraction of sp³-hybridized carbons (Fsp3) is 0.100. The lowest BCUT2D eigenvalue weighted by molar-refractivity contribution is -0.394. The second-order valence-corrected chi connectivity index (χ2v) is 6.55. The van der Waals surface area contributed by atoms with Crippen molar-refractivity contribution in [2.45, 2.75) is 6.54 Å². The number of hydrogen-bond acceptors (Lipinski definition) is 7. The maximum atomic E-state index is 11.9. The second kappa shape index (κ2) is 7.24. The van der Waals surface area contributed by atoms with Gasteiger partial charge < -0.3 is 9.30 Å². The van der Waals surface area contributed by atoms with Gasteiger partial charge in [0.2, 0.25) is 0 Å². The van der Waals surface area contributed by atoms with Crippen LogP contribution in [0.2, 0.25) is 0 Å². The summed E-state index contributed by atoms with van der Waals surface area (Å²) in [7, 11) is 1.27. The lowest BCUT2D eigenvalue weighted by Crippen LogP contribution is -2.05. The van der Waals surface area contributed by atoms with Gasteiger partial charge in [0, 0.05) is 35.0 Å². The predicted octanol–water partition coefficient (Wildman–Crippen LogP) is 3.84. The summed E-state index contributed by atoms with van der Waals surface area (Å²) in [6.07, 6.45) is 1.52. The molecule has 0 fully saturated rings. The van der Waals surface area contributed by atoms with Gasteiger partial charge in [-0.3, -0.25) is 20.2 Å². The normalized spacial score (nSPS) is 11.0. The Labute approximate surface area is 168 Å². The van der Waals surface area contributed by atoms with Crippen molar-refractivity contribution in [2.24, 2.45) is 0 Å². The number of aromatic nitrogens is 2. The van der Waals surface area contributed by atoms with Gasteiger partial charge in [-0.05, 0) is 17.7 Å². The molecule has 10 nitrogen and oxygen atoms in total. The van der Waals surface area contributed by atoms with Gasteiger partial charge in [-0.25, -0.2) is 9.78 Å². The standard InChI is InChI=1S/C20H14N4O6/c1-30-20(25)17-9-16-15-4-2-3-5-18(15)22(19(16)10-21-17)11-12-6-13(23(26)27)8-14(7-12)24(28)29/h2-10H,11H2,1H3. The second-order valence-electron chi connectivity index (χ2n) is 6.55. The number of para-hydroxylation sites is 1. The van der Waals surface area contributed by atoms with Crippen LogP contribution < -0.4 is 0 Å². The minimum atomic E-state index is -0.660. The number of nitrogens with zero attached hydrogens (tertiary/aromatic N) is 4. The van der Waals surface area contributed by atoms with Gasteiger partial charge in [0.25, 0.3) is 11.4 Å². The van der Waals surface area contributed by atoms with Crippen LogP contribution in [0.3, 0.4) is 0 Å². The van der Waals surface area contributed by atoms with E-state index >= 15 is 0 Å². The molecule has 2 aromatic carbocycles. The molecule has 10 heteroatoms. The van der Waals surface area contributed by atoms with Gasteiger partial charge >= 0.3 is 5.97 Å². The number of fused-ring (bicyclic) bond motifs is 3. The summed E-state index contributed by atoms with van der Waals surface area (Å²) >= 11 is 0. The van der Waals surface area contributed by atoms with Crippen LogP contribution >= 0.6 is 0 Å². The number of benzene rings is 2. The molecule has 4 rings (SSSR count). The number of non-ortho nitro benzene ring substituents is 2. The summed E-state index contributed by atoms with van der Waals surface area (Å²) in [6.45, 7) is 0.145. The van der Waals surface area contributed by atoms with Crippen LogP contribution in [0.5, 0.6) is 0 Å². The third kappa shape index (κ3) is 3.20. The third-order valence-electron chi connectivity index (χ3n) is 4.78. The van der Waals surface area contributed by atoms with Gasteiger partial charge in [0.05, 0.1) is 34.7 Å². The highest BCUT2D eigenvalue weighted by atomic mass is 16.6. The lowest BCUT2D eigenvalue weighted by atomic mass is 10.1. The minimum absolute atomic E-state index is 0.145. The van der Waals surface area contributed by atoms with E-state index in [1.807, 2.05) is 28.8 Å². The topological polar surface area (TPSA) is 130 Å². The summed E-state index contributed by atoms with van der Waals surface area (Å²) in [5.41, 5.74) is 1.31. The number of pyridine rings is 1. The summed E-state index contributed by atoms with van der Waals surface area (Å²) in [5.74, 6) is -0.567. The van der Waals surface area contributed by atoms with Crippen molar-refractivity contribution in [2.75, 3.05) is 7.11 Å². The van der Waals surface area contributed by atoms with Crippen molar-refractivity contribution in [3.63, 3.8) is 0 Å².